The molecule has 0 radical (unpaired) electrons. The van der Waals surface area contributed by atoms with E-state index in [-0.39, 0.29) is 11.6 Å². The summed E-state index contributed by atoms with van der Waals surface area (Å²) in [5.41, 5.74) is 1.61. The number of allylic oxidation sites excluding steroid dienone is 2. The third-order valence-electron chi connectivity index (χ3n) is 3.75. The Morgan fingerprint density at radius 1 is 1.14 bits per heavy atom. The summed E-state index contributed by atoms with van der Waals surface area (Å²) in [6, 6.07) is 7.50. The van der Waals surface area contributed by atoms with Gasteiger partial charge in [0.15, 0.2) is 0 Å². The molecular formula is C17H19NO2S. The van der Waals surface area contributed by atoms with Gasteiger partial charge in [0.1, 0.15) is 5.70 Å². The van der Waals surface area contributed by atoms with Crippen LogP contribution < -0.4 is 5.32 Å². The third-order valence-corrected chi connectivity index (χ3v) is 4.92. The molecule has 1 aromatic rings. The normalized spacial score (nSPS) is 18.0. The second kappa shape index (κ2) is 6.06. The summed E-state index contributed by atoms with van der Waals surface area (Å²) in [4.78, 5) is 26.0. The number of nitrogens with one attached hydrogen (secondary N) is 1. The lowest BCUT2D eigenvalue weighted by molar-refractivity contribution is 0.0975. The Morgan fingerprint density at radius 3 is 2.43 bits per heavy atom. The molecule has 0 heterocycles. The number of thioether (sulfide) groups is 1. The average molecular weight is 301 g/mol. The zero-order chi connectivity index (χ0) is 14.8. The summed E-state index contributed by atoms with van der Waals surface area (Å²) in [6.07, 6.45) is 4.30. The first-order valence-corrected chi connectivity index (χ1v) is 8.53. The molecule has 3 nitrogen and oxygen atoms in total. The van der Waals surface area contributed by atoms with Crippen LogP contribution >= 0.6 is 11.8 Å². The summed E-state index contributed by atoms with van der Waals surface area (Å²) >= 11 is 1.52. The third kappa shape index (κ3) is 2.91. The minimum Gasteiger partial charge on any atom is -0.378 e. The molecule has 0 saturated heterocycles. The maximum atomic E-state index is 12.7. The second-order valence-electron chi connectivity index (χ2n) is 5.53. The molecule has 1 N–H and O–H groups in total. The van der Waals surface area contributed by atoms with Gasteiger partial charge in [-0.05, 0) is 25.0 Å². The highest BCUT2D eigenvalue weighted by Gasteiger charge is 2.35. The molecule has 0 atom stereocenters. The van der Waals surface area contributed by atoms with Crippen LogP contribution in [-0.2, 0) is 0 Å². The molecule has 0 bridgehead atoms. The van der Waals surface area contributed by atoms with Crippen LogP contribution in [0.2, 0.25) is 0 Å². The van der Waals surface area contributed by atoms with Crippen LogP contribution in [-0.4, -0.2) is 23.4 Å². The predicted octanol–water partition coefficient (Wildman–Crippen LogP) is 3.56. The number of hydrogen-bond acceptors (Lipinski definition) is 4. The Kier molecular flexibility index (Phi) is 4.15. The number of hydrogen-bond donors (Lipinski definition) is 1. The van der Waals surface area contributed by atoms with Crippen molar-refractivity contribution in [1.82, 2.24) is 5.32 Å². The first kappa shape index (κ1) is 14.4. The molecule has 3 rings (SSSR count). The van der Waals surface area contributed by atoms with E-state index in [2.05, 4.69) is 12.2 Å². The van der Waals surface area contributed by atoms with Crippen LogP contribution in [0, 0.1) is 0 Å². The van der Waals surface area contributed by atoms with Gasteiger partial charge in [-0.3, -0.25) is 9.59 Å². The quantitative estimate of drug-likeness (QED) is 0.816. The number of carbonyl (C=O) groups is 2. The summed E-state index contributed by atoms with van der Waals surface area (Å²) in [5, 5.41) is 3.28. The van der Waals surface area contributed by atoms with Crippen molar-refractivity contribution in [1.29, 1.82) is 0 Å². The number of ketones is 2. The number of unbranched alkanes of at least 4 members (excludes halogenated alkanes) is 1. The molecule has 110 valence electrons. The van der Waals surface area contributed by atoms with E-state index in [0.29, 0.717) is 27.8 Å². The van der Waals surface area contributed by atoms with Gasteiger partial charge in [-0.2, -0.15) is 0 Å². The van der Waals surface area contributed by atoms with Crippen molar-refractivity contribution >= 4 is 23.3 Å². The first-order chi connectivity index (χ1) is 10.2. The van der Waals surface area contributed by atoms with Gasteiger partial charge in [-0.15, -0.1) is 11.8 Å². The standard InChI is InChI=1S/C17H19NO2S/c1-2-3-10-21-17-14(18-11-8-9-11)15(19)12-6-4-5-7-13(12)16(17)20/h4-7,11,18H,2-3,8-10H2,1H3. The highest BCUT2D eigenvalue weighted by molar-refractivity contribution is 8.04. The van der Waals surface area contributed by atoms with Crippen molar-refractivity contribution in [3.63, 3.8) is 0 Å². The maximum absolute atomic E-state index is 12.7. The molecule has 1 saturated carbocycles. The number of Topliss-reactive ketones (excluding diaryl/α,β-unsaturated/α-hetero) is 2. The molecule has 0 aromatic heterocycles. The minimum absolute atomic E-state index is 0.00514. The van der Waals surface area contributed by atoms with Crippen LogP contribution in [0.15, 0.2) is 34.9 Å². The fourth-order valence-electron chi connectivity index (χ4n) is 2.37. The van der Waals surface area contributed by atoms with E-state index in [4.69, 9.17) is 0 Å². The lowest BCUT2D eigenvalue weighted by Crippen LogP contribution is -2.30. The van der Waals surface area contributed by atoms with E-state index in [9.17, 15) is 9.59 Å². The van der Waals surface area contributed by atoms with Crippen LogP contribution in [0.5, 0.6) is 0 Å². The SMILES string of the molecule is CCCCSC1=C(NC2CC2)C(=O)c2ccccc2C1=O. The number of benzene rings is 1. The Bertz CT molecular complexity index is 617. The Labute approximate surface area is 129 Å². The Balaban J connectivity index is 1.95. The van der Waals surface area contributed by atoms with Gasteiger partial charge in [0.05, 0.1) is 4.91 Å². The van der Waals surface area contributed by atoms with Crippen molar-refractivity contribution in [3.8, 4) is 0 Å². The van der Waals surface area contributed by atoms with E-state index in [1.54, 1.807) is 12.1 Å². The van der Waals surface area contributed by atoms with E-state index in [1.807, 2.05) is 12.1 Å². The molecule has 2 aliphatic carbocycles. The summed E-state index contributed by atoms with van der Waals surface area (Å²) in [7, 11) is 0. The van der Waals surface area contributed by atoms with Gasteiger partial charge in [0.2, 0.25) is 11.6 Å². The first-order valence-electron chi connectivity index (χ1n) is 7.54. The monoisotopic (exact) mass is 301 g/mol. The van der Waals surface area contributed by atoms with Gasteiger partial charge in [0.25, 0.3) is 0 Å². The fourth-order valence-corrected chi connectivity index (χ4v) is 3.55. The predicted molar refractivity (Wildman–Crippen MR) is 85.7 cm³/mol. The lowest BCUT2D eigenvalue weighted by atomic mass is 9.92. The van der Waals surface area contributed by atoms with Gasteiger partial charge < -0.3 is 5.32 Å². The smallest absolute Gasteiger partial charge is 0.210 e. The molecule has 2 aliphatic rings. The van der Waals surface area contributed by atoms with Crippen molar-refractivity contribution < 1.29 is 9.59 Å². The van der Waals surface area contributed by atoms with Gasteiger partial charge in [0, 0.05) is 17.2 Å². The largest absolute Gasteiger partial charge is 0.378 e. The summed E-state index contributed by atoms with van der Waals surface area (Å²) in [5.74, 6) is 0.841. The molecule has 1 fully saturated rings. The maximum Gasteiger partial charge on any atom is 0.210 e. The van der Waals surface area contributed by atoms with Crippen LogP contribution in [0.3, 0.4) is 0 Å². The second-order valence-corrected chi connectivity index (χ2v) is 6.63. The summed E-state index contributed by atoms with van der Waals surface area (Å²) < 4.78 is 0. The van der Waals surface area contributed by atoms with E-state index in [1.165, 1.54) is 11.8 Å². The molecule has 0 spiro atoms. The van der Waals surface area contributed by atoms with E-state index >= 15 is 0 Å². The average Bonchev–Trinajstić information content (AvgIpc) is 3.32. The Hall–Kier alpha value is -1.55. The molecule has 0 aliphatic heterocycles. The Morgan fingerprint density at radius 2 is 1.81 bits per heavy atom. The highest BCUT2D eigenvalue weighted by Crippen LogP contribution is 2.34. The minimum atomic E-state index is -0.0314. The number of carbonyl (C=O) groups excluding carboxylic acids is 2. The number of fused-ring (bicyclic) bond motifs is 1. The molecular weight excluding hydrogens is 282 g/mol. The van der Waals surface area contributed by atoms with Gasteiger partial charge >= 0.3 is 0 Å². The molecule has 1 aromatic carbocycles. The number of rotatable bonds is 6. The van der Waals surface area contributed by atoms with Crippen LogP contribution in [0.4, 0.5) is 0 Å². The molecule has 0 amide bonds. The molecule has 21 heavy (non-hydrogen) atoms. The van der Waals surface area contributed by atoms with Crippen molar-refractivity contribution in [2.75, 3.05) is 5.75 Å². The van der Waals surface area contributed by atoms with Gasteiger partial charge in [-0.1, -0.05) is 37.6 Å². The van der Waals surface area contributed by atoms with Crippen LogP contribution in [0.1, 0.15) is 53.3 Å². The van der Waals surface area contributed by atoms with Crippen molar-refractivity contribution in [2.45, 2.75) is 38.6 Å². The highest BCUT2D eigenvalue weighted by atomic mass is 32.2. The van der Waals surface area contributed by atoms with Crippen LogP contribution in [0.25, 0.3) is 0 Å². The van der Waals surface area contributed by atoms with Gasteiger partial charge in [-0.25, -0.2) is 0 Å². The topological polar surface area (TPSA) is 46.2 Å². The molecule has 0 unspecified atom stereocenters. The van der Waals surface area contributed by atoms with Crippen molar-refractivity contribution in [2.24, 2.45) is 0 Å². The molecule has 4 heteroatoms. The zero-order valence-electron chi connectivity index (χ0n) is 12.1. The van der Waals surface area contributed by atoms with E-state index < -0.39 is 0 Å². The zero-order valence-corrected chi connectivity index (χ0v) is 13.0. The van der Waals surface area contributed by atoms with Crippen molar-refractivity contribution in [3.05, 3.63) is 46.0 Å². The summed E-state index contributed by atoms with van der Waals surface area (Å²) in [6.45, 7) is 2.13. The van der Waals surface area contributed by atoms with E-state index in [0.717, 1.165) is 31.4 Å². The fraction of sp³-hybridized carbons (Fsp3) is 0.412. The lowest BCUT2D eigenvalue weighted by Gasteiger charge is -2.21.